The van der Waals surface area contributed by atoms with E-state index in [1.807, 2.05) is 13.8 Å². The minimum atomic E-state index is -0.664. The zero-order valence-electron chi connectivity index (χ0n) is 11.8. The summed E-state index contributed by atoms with van der Waals surface area (Å²) in [6, 6.07) is 4.21. The Morgan fingerprint density at radius 3 is 2.62 bits per heavy atom. The Morgan fingerprint density at radius 1 is 1.38 bits per heavy atom. The maximum atomic E-state index is 11.5. The Balaban J connectivity index is 2.57. The van der Waals surface area contributed by atoms with Crippen LogP contribution in [0.25, 0.3) is 5.82 Å². The molecule has 0 fully saturated rings. The lowest BCUT2D eigenvalue weighted by molar-refractivity contribution is -0.384. The van der Waals surface area contributed by atoms with Gasteiger partial charge in [0.15, 0.2) is 5.69 Å². The van der Waals surface area contributed by atoms with E-state index in [4.69, 9.17) is 0 Å². The first-order valence-corrected chi connectivity index (χ1v) is 6.23. The highest BCUT2D eigenvalue weighted by Crippen LogP contribution is 2.22. The summed E-state index contributed by atoms with van der Waals surface area (Å²) in [4.78, 5) is 26.0. The molecular weight excluding hydrogens is 276 g/mol. The van der Waals surface area contributed by atoms with Gasteiger partial charge in [0.05, 0.1) is 17.7 Å². The van der Waals surface area contributed by atoms with Gasteiger partial charge in [-0.1, -0.05) is 13.8 Å². The van der Waals surface area contributed by atoms with Crippen LogP contribution in [0.2, 0.25) is 0 Å². The van der Waals surface area contributed by atoms with Crippen molar-refractivity contribution in [3.05, 3.63) is 45.9 Å². The van der Waals surface area contributed by atoms with Crippen LogP contribution in [0.5, 0.6) is 0 Å². The molecule has 110 valence electrons. The standard InChI is InChI=1S/C13H14N4O4/c1-8(2)9-6-7-16(15-9)12-11(17(19)20)5-4-10(14-12)13(18)21-3/h4-8H,1-3H3. The van der Waals surface area contributed by atoms with Crippen LogP contribution < -0.4 is 0 Å². The van der Waals surface area contributed by atoms with Crippen molar-refractivity contribution in [1.29, 1.82) is 0 Å². The topological polar surface area (TPSA) is 100 Å². The third kappa shape index (κ3) is 2.88. The predicted octanol–water partition coefficient (Wildman–Crippen LogP) is 2.09. The number of carbonyl (C=O) groups excluding carboxylic acids is 1. The highest BCUT2D eigenvalue weighted by molar-refractivity contribution is 5.87. The largest absolute Gasteiger partial charge is 0.464 e. The minimum absolute atomic E-state index is 0.0142. The summed E-state index contributed by atoms with van der Waals surface area (Å²) in [7, 11) is 1.22. The molecule has 0 bridgehead atoms. The van der Waals surface area contributed by atoms with Gasteiger partial charge >= 0.3 is 11.7 Å². The molecule has 2 aromatic heterocycles. The van der Waals surface area contributed by atoms with Crippen LogP contribution in [0.15, 0.2) is 24.4 Å². The van der Waals surface area contributed by atoms with E-state index in [2.05, 4.69) is 14.8 Å². The van der Waals surface area contributed by atoms with Crippen LogP contribution in [0.3, 0.4) is 0 Å². The molecule has 2 rings (SSSR count). The summed E-state index contributed by atoms with van der Waals surface area (Å²) < 4.78 is 5.86. The molecule has 0 atom stereocenters. The van der Waals surface area contributed by atoms with Crippen molar-refractivity contribution in [2.45, 2.75) is 19.8 Å². The second kappa shape index (κ2) is 5.70. The lowest BCUT2D eigenvalue weighted by atomic mass is 10.1. The molecule has 0 aliphatic heterocycles. The Bertz CT molecular complexity index is 693. The van der Waals surface area contributed by atoms with E-state index in [0.717, 1.165) is 5.69 Å². The number of rotatable bonds is 4. The van der Waals surface area contributed by atoms with Crippen LogP contribution >= 0.6 is 0 Å². The molecule has 0 radical (unpaired) electrons. The Hall–Kier alpha value is -2.77. The zero-order valence-corrected chi connectivity index (χ0v) is 11.8. The molecule has 0 N–H and O–H groups in total. The fraction of sp³-hybridized carbons (Fsp3) is 0.308. The number of nitrogens with zero attached hydrogens (tertiary/aromatic N) is 4. The molecular formula is C13H14N4O4. The predicted molar refractivity (Wildman–Crippen MR) is 73.4 cm³/mol. The number of pyridine rings is 1. The number of carbonyl (C=O) groups is 1. The summed E-state index contributed by atoms with van der Waals surface area (Å²) in [5, 5.41) is 15.3. The highest BCUT2D eigenvalue weighted by Gasteiger charge is 2.21. The van der Waals surface area contributed by atoms with Crippen molar-refractivity contribution in [1.82, 2.24) is 14.8 Å². The maximum Gasteiger partial charge on any atom is 0.356 e. The quantitative estimate of drug-likeness (QED) is 0.485. The van der Waals surface area contributed by atoms with Crippen molar-refractivity contribution >= 4 is 11.7 Å². The van der Waals surface area contributed by atoms with Gasteiger partial charge in [0.25, 0.3) is 0 Å². The average molecular weight is 290 g/mol. The van der Waals surface area contributed by atoms with Crippen LogP contribution in [0.1, 0.15) is 35.9 Å². The lowest BCUT2D eigenvalue weighted by Gasteiger charge is -2.05. The first kappa shape index (κ1) is 14.6. The van der Waals surface area contributed by atoms with Crippen molar-refractivity contribution in [2.75, 3.05) is 7.11 Å². The first-order chi connectivity index (χ1) is 9.93. The van der Waals surface area contributed by atoms with E-state index in [-0.39, 0.29) is 23.1 Å². The van der Waals surface area contributed by atoms with Crippen molar-refractivity contribution < 1.29 is 14.5 Å². The molecule has 0 saturated heterocycles. The number of nitro groups is 1. The maximum absolute atomic E-state index is 11.5. The Labute approximate surface area is 120 Å². The van der Waals surface area contributed by atoms with E-state index in [9.17, 15) is 14.9 Å². The smallest absolute Gasteiger partial charge is 0.356 e. The van der Waals surface area contributed by atoms with Gasteiger partial charge < -0.3 is 4.74 Å². The summed E-state index contributed by atoms with van der Waals surface area (Å²) in [5.74, 6) is -0.508. The van der Waals surface area contributed by atoms with Crippen molar-refractivity contribution in [3.8, 4) is 5.82 Å². The zero-order chi connectivity index (χ0) is 15.6. The van der Waals surface area contributed by atoms with E-state index in [0.29, 0.717) is 0 Å². The molecule has 0 saturated carbocycles. The van der Waals surface area contributed by atoms with Crippen LogP contribution in [0.4, 0.5) is 5.69 Å². The SMILES string of the molecule is COC(=O)c1ccc([N+](=O)[O-])c(-n2ccc(C(C)C)n2)n1. The number of ether oxygens (including phenoxy) is 1. The Morgan fingerprint density at radius 2 is 2.10 bits per heavy atom. The summed E-state index contributed by atoms with van der Waals surface area (Å²) in [5.41, 5.74) is 0.523. The van der Waals surface area contributed by atoms with Gasteiger partial charge in [-0.15, -0.1) is 0 Å². The van der Waals surface area contributed by atoms with Gasteiger partial charge in [0.1, 0.15) is 0 Å². The van der Waals surface area contributed by atoms with E-state index in [1.54, 1.807) is 12.3 Å². The number of hydrogen-bond donors (Lipinski definition) is 0. The van der Waals surface area contributed by atoms with Gasteiger partial charge in [-0.3, -0.25) is 10.1 Å². The molecule has 2 heterocycles. The molecule has 0 aromatic carbocycles. The van der Waals surface area contributed by atoms with E-state index in [1.165, 1.54) is 23.9 Å². The van der Waals surface area contributed by atoms with Crippen molar-refractivity contribution in [3.63, 3.8) is 0 Å². The third-order valence-electron chi connectivity index (χ3n) is 2.86. The summed E-state index contributed by atoms with van der Waals surface area (Å²) >= 11 is 0. The van der Waals surface area contributed by atoms with E-state index < -0.39 is 10.9 Å². The summed E-state index contributed by atoms with van der Waals surface area (Å²) in [6.07, 6.45) is 1.58. The fourth-order valence-electron chi connectivity index (χ4n) is 1.73. The first-order valence-electron chi connectivity index (χ1n) is 6.23. The lowest BCUT2D eigenvalue weighted by Crippen LogP contribution is -2.10. The van der Waals surface area contributed by atoms with Crippen LogP contribution in [-0.2, 0) is 4.74 Å². The molecule has 0 aliphatic carbocycles. The monoisotopic (exact) mass is 290 g/mol. The van der Waals surface area contributed by atoms with Gasteiger partial charge in [-0.25, -0.2) is 14.5 Å². The molecule has 8 nitrogen and oxygen atoms in total. The minimum Gasteiger partial charge on any atom is -0.464 e. The number of aromatic nitrogens is 3. The van der Waals surface area contributed by atoms with Gasteiger partial charge in [0, 0.05) is 12.3 Å². The van der Waals surface area contributed by atoms with Gasteiger partial charge in [-0.2, -0.15) is 5.10 Å². The normalized spacial score (nSPS) is 10.7. The van der Waals surface area contributed by atoms with Crippen LogP contribution in [-0.4, -0.2) is 32.8 Å². The molecule has 8 heteroatoms. The van der Waals surface area contributed by atoms with Crippen molar-refractivity contribution in [2.24, 2.45) is 0 Å². The average Bonchev–Trinajstić information content (AvgIpc) is 2.95. The third-order valence-corrected chi connectivity index (χ3v) is 2.86. The highest BCUT2D eigenvalue weighted by atomic mass is 16.6. The number of esters is 1. The Kier molecular flexibility index (Phi) is 3.97. The van der Waals surface area contributed by atoms with Gasteiger partial charge in [-0.05, 0) is 18.1 Å². The molecule has 21 heavy (non-hydrogen) atoms. The van der Waals surface area contributed by atoms with E-state index >= 15 is 0 Å². The second-order valence-electron chi connectivity index (χ2n) is 4.63. The van der Waals surface area contributed by atoms with Gasteiger partial charge in [0.2, 0.25) is 5.82 Å². The summed E-state index contributed by atoms with van der Waals surface area (Å²) in [6.45, 7) is 3.92. The number of methoxy groups -OCH3 is 1. The van der Waals surface area contributed by atoms with Crippen LogP contribution in [0, 0.1) is 10.1 Å². The molecule has 0 spiro atoms. The fourth-order valence-corrected chi connectivity index (χ4v) is 1.73. The molecule has 2 aromatic rings. The molecule has 0 aliphatic rings. The second-order valence-corrected chi connectivity index (χ2v) is 4.63. The molecule has 0 amide bonds. The number of hydrogen-bond acceptors (Lipinski definition) is 6. The molecule has 0 unspecified atom stereocenters.